The molecule has 0 saturated heterocycles. The Bertz CT molecular complexity index is 186. The van der Waals surface area contributed by atoms with Crippen LogP contribution in [0.25, 0.3) is 0 Å². The van der Waals surface area contributed by atoms with Crippen molar-refractivity contribution in [2.45, 2.75) is 60.0 Å². The Morgan fingerprint density at radius 1 is 0.929 bits per heavy atom. The Labute approximate surface area is 92.8 Å². The van der Waals surface area contributed by atoms with Crippen molar-refractivity contribution in [2.75, 3.05) is 0 Å². The first kappa shape index (κ1) is 14.2. The van der Waals surface area contributed by atoms with Crippen LogP contribution >= 0.6 is 9.24 Å². The van der Waals surface area contributed by atoms with Crippen molar-refractivity contribution in [3.05, 3.63) is 12.2 Å². The third-order valence-corrected chi connectivity index (χ3v) is 5.02. The summed E-state index contributed by atoms with van der Waals surface area (Å²) in [6, 6.07) is 0. The number of rotatable bonds is 2. The molecule has 0 aromatic carbocycles. The van der Waals surface area contributed by atoms with Gasteiger partial charge in [0.25, 0.3) is 0 Å². The van der Waals surface area contributed by atoms with Crippen LogP contribution < -0.4 is 0 Å². The fourth-order valence-corrected chi connectivity index (χ4v) is 2.06. The largest absolute Gasteiger partial charge is 0.126 e. The van der Waals surface area contributed by atoms with Gasteiger partial charge in [0.05, 0.1) is 0 Å². The minimum absolute atomic E-state index is 0.163. The number of allylic oxidation sites excluding steroid dienone is 2. The Morgan fingerprint density at radius 3 is 1.50 bits per heavy atom. The molecule has 0 aliphatic heterocycles. The lowest BCUT2D eigenvalue weighted by Crippen LogP contribution is -2.46. The maximum atomic E-state index is 3.07. The molecule has 0 radical (unpaired) electrons. The van der Waals surface area contributed by atoms with E-state index in [-0.39, 0.29) is 16.0 Å². The van der Waals surface area contributed by atoms with Gasteiger partial charge >= 0.3 is 0 Å². The molecule has 0 saturated carbocycles. The molecule has 0 rings (SSSR count). The standard InChI is InChI=1S/C13H27P/c1-8-9-10-13(14,11(2,3)4)12(5,6)7/h9-10H,8,14H2,1-7H3. The zero-order valence-electron chi connectivity index (χ0n) is 10.9. The van der Waals surface area contributed by atoms with E-state index in [1.54, 1.807) is 0 Å². The fraction of sp³-hybridized carbons (Fsp3) is 0.846. The van der Waals surface area contributed by atoms with E-state index >= 15 is 0 Å². The van der Waals surface area contributed by atoms with Crippen LogP contribution in [0, 0.1) is 10.8 Å². The van der Waals surface area contributed by atoms with Crippen molar-refractivity contribution in [3.8, 4) is 0 Å². The molecule has 0 heterocycles. The van der Waals surface area contributed by atoms with Gasteiger partial charge in [-0.3, -0.25) is 0 Å². The lowest BCUT2D eigenvalue weighted by molar-refractivity contribution is 0.183. The first-order valence-corrected chi connectivity index (χ1v) is 6.10. The van der Waals surface area contributed by atoms with Gasteiger partial charge in [0.2, 0.25) is 0 Å². The minimum atomic E-state index is 0.163. The maximum Gasteiger partial charge on any atom is 0.0123 e. The Morgan fingerprint density at radius 2 is 1.29 bits per heavy atom. The molecule has 0 N–H and O–H groups in total. The number of hydrogen-bond acceptors (Lipinski definition) is 0. The molecule has 1 heteroatoms. The number of hydrogen-bond donors (Lipinski definition) is 0. The predicted molar refractivity (Wildman–Crippen MR) is 70.8 cm³/mol. The topological polar surface area (TPSA) is 0 Å². The van der Waals surface area contributed by atoms with Gasteiger partial charge in [0, 0.05) is 5.16 Å². The van der Waals surface area contributed by atoms with Crippen LogP contribution in [-0.2, 0) is 0 Å². The van der Waals surface area contributed by atoms with Crippen molar-refractivity contribution in [1.82, 2.24) is 0 Å². The third kappa shape index (κ3) is 2.83. The molecule has 1 atom stereocenters. The van der Waals surface area contributed by atoms with Gasteiger partial charge in [0.15, 0.2) is 0 Å². The van der Waals surface area contributed by atoms with Gasteiger partial charge in [-0.2, -0.15) is 0 Å². The van der Waals surface area contributed by atoms with Gasteiger partial charge in [-0.05, 0) is 17.3 Å². The second kappa shape index (κ2) is 4.35. The molecule has 14 heavy (non-hydrogen) atoms. The lowest BCUT2D eigenvalue weighted by Gasteiger charge is -2.49. The first-order valence-electron chi connectivity index (χ1n) is 5.53. The second-order valence-corrected chi connectivity index (χ2v) is 7.09. The molecule has 0 aliphatic rings. The van der Waals surface area contributed by atoms with E-state index < -0.39 is 0 Å². The van der Waals surface area contributed by atoms with Gasteiger partial charge in [-0.25, -0.2) is 0 Å². The van der Waals surface area contributed by atoms with E-state index in [0.717, 1.165) is 6.42 Å². The molecule has 1 unspecified atom stereocenters. The van der Waals surface area contributed by atoms with E-state index in [1.165, 1.54) is 0 Å². The smallest absolute Gasteiger partial charge is 0.0123 e. The summed E-state index contributed by atoms with van der Waals surface area (Å²) in [4.78, 5) is 0. The maximum absolute atomic E-state index is 3.07. The van der Waals surface area contributed by atoms with Gasteiger partial charge in [-0.1, -0.05) is 60.6 Å². The van der Waals surface area contributed by atoms with Crippen molar-refractivity contribution in [2.24, 2.45) is 10.8 Å². The molecule has 0 aromatic heterocycles. The highest BCUT2D eigenvalue weighted by atomic mass is 31.0. The van der Waals surface area contributed by atoms with E-state index in [4.69, 9.17) is 0 Å². The molecule has 0 aromatic rings. The van der Waals surface area contributed by atoms with Crippen LogP contribution in [-0.4, -0.2) is 5.16 Å². The summed E-state index contributed by atoms with van der Waals surface area (Å²) in [6.45, 7) is 16.1. The minimum Gasteiger partial charge on any atom is -0.126 e. The Balaban J connectivity index is 5.18. The van der Waals surface area contributed by atoms with E-state index in [2.05, 4.69) is 69.9 Å². The average Bonchev–Trinajstić information content (AvgIpc) is 1.95. The summed E-state index contributed by atoms with van der Waals surface area (Å²) in [5, 5.41) is 0.163. The third-order valence-electron chi connectivity index (χ3n) is 3.10. The first-order chi connectivity index (χ1) is 6.06. The zero-order chi connectivity index (χ0) is 11.6. The van der Waals surface area contributed by atoms with Crippen molar-refractivity contribution in [3.63, 3.8) is 0 Å². The highest BCUT2D eigenvalue weighted by Crippen LogP contribution is 2.51. The highest BCUT2D eigenvalue weighted by Gasteiger charge is 2.44. The summed E-state index contributed by atoms with van der Waals surface area (Å²) in [7, 11) is 3.07. The van der Waals surface area contributed by atoms with Crippen LogP contribution in [0.3, 0.4) is 0 Å². The molecule has 84 valence electrons. The van der Waals surface area contributed by atoms with E-state index in [0.29, 0.717) is 0 Å². The summed E-state index contributed by atoms with van der Waals surface area (Å²) in [5.41, 5.74) is 0.531. The molecular weight excluding hydrogens is 187 g/mol. The second-order valence-electron chi connectivity index (χ2n) is 6.18. The van der Waals surface area contributed by atoms with Gasteiger partial charge in [-0.15, -0.1) is 9.24 Å². The summed E-state index contributed by atoms with van der Waals surface area (Å²) in [5.74, 6) is 0. The van der Waals surface area contributed by atoms with E-state index in [1.807, 2.05) is 0 Å². The molecule has 0 spiro atoms. The molecule has 0 nitrogen and oxygen atoms in total. The van der Waals surface area contributed by atoms with Crippen LogP contribution in [0.1, 0.15) is 54.9 Å². The quantitative estimate of drug-likeness (QED) is 0.463. The van der Waals surface area contributed by atoms with Crippen LogP contribution in [0.15, 0.2) is 12.2 Å². The van der Waals surface area contributed by atoms with E-state index in [9.17, 15) is 0 Å². The molecule has 0 amide bonds. The van der Waals surface area contributed by atoms with Crippen molar-refractivity contribution < 1.29 is 0 Å². The van der Waals surface area contributed by atoms with Crippen molar-refractivity contribution >= 4 is 9.24 Å². The predicted octanol–water partition coefficient (Wildman–Crippen LogP) is 4.66. The molecule has 0 fully saturated rings. The SMILES string of the molecule is CCC=CC(P)(C(C)(C)C)C(C)(C)C. The van der Waals surface area contributed by atoms with Crippen LogP contribution in [0.2, 0.25) is 0 Å². The summed E-state index contributed by atoms with van der Waals surface area (Å²) < 4.78 is 0. The Kier molecular flexibility index (Phi) is 4.41. The molecule has 0 bridgehead atoms. The zero-order valence-corrected chi connectivity index (χ0v) is 12.1. The summed E-state index contributed by atoms with van der Waals surface area (Å²) in [6.07, 6.45) is 5.77. The monoisotopic (exact) mass is 214 g/mol. The molecule has 0 aliphatic carbocycles. The fourth-order valence-electron chi connectivity index (χ4n) is 1.93. The average molecular weight is 214 g/mol. The van der Waals surface area contributed by atoms with Crippen molar-refractivity contribution in [1.29, 1.82) is 0 Å². The highest BCUT2D eigenvalue weighted by molar-refractivity contribution is 7.19. The van der Waals surface area contributed by atoms with Gasteiger partial charge < -0.3 is 0 Å². The normalized spacial score (nSPS) is 15.1. The Hall–Kier alpha value is 0.170. The van der Waals surface area contributed by atoms with Crippen LogP contribution in [0.4, 0.5) is 0 Å². The van der Waals surface area contributed by atoms with Gasteiger partial charge in [0.1, 0.15) is 0 Å². The summed E-state index contributed by atoms with van der Waals surface area (Å²) >= 11 is 0. The molecular formula is C13H27P. The lowest BCUT2D eigenvalue weighted by atomic mass is 9.65. The van der Waals surface area contributed by atoms with Crippen LogP contribution in [0.5, 0.6) is 0 Å².